The van der Waals surface area contributed by atoms with E-state index in [1.165, 1.54) is 12.1 Å². The van der Waals surface area contributed by atoms with Gasteiger partial charge in [0, 0.05) is 16.5 Å². The number of anilines is 1. The first kappa shape index (κ1) is 21.4. The van der Waals surface area contributed by atoms with E-state index in [9.17, 15) is 16.8 Å². The Hall–Kier alpha value is -2.85. The van der Waals surface area contributed by atoms with Crippen LogP contribution in [0.5, 0.6) is 0 Å². The average molecular weight is 476 g/mol. The van der Waals surface area contributed by atoms with E-state index >= 15 is 0 Å². The zero-order valence-electron chi connectivity index (χ0n) is 16.0. The molecule has 4 aromatic rings. The summed E-state index contributed by atoms with van der Waals surface area (Å²) in [4.78, 5) is 2.85. The van der Waals surface area contributed by atoms with Crippen LogP contribution in [0.1, 0.15) is 10.1 Å². The van der Waals surface area contributed by atoms with Gasteiger partial charge in [-0.05, 0) is 29.8 Å². The maximum atomic E-state index is 13.6. The first-order valence-corrected chi connectivity index (χ1v) is 12.6. The van der Waals surface area contributed by atoms with Gasteiger partial charge in [0.1, 0.15) is 0 Å². The van der Waals surface area contributed by atoms with Crippen molar-refractivity contribution in [2.45, 2.75) is 9.48 Å². The van der Waals surface area contributed by atoms with E-state index in [0.717, 1.165) is 6.07 Å². The number of sulfone groups is 1. The molecule has 0 saturated carbocycles. The summed E-state index contributed by atoms with van der Waals surface area (Å²) in [6, 6.07) is 19.3. The Morgan fingerprint density at radius 1 is 0.871 bits per heavy atom. The van der Waals surface area contributed by atoms with Crippen LogP contribution >= 0.6 is 11.6 Å². The highest BCUT2D eigenvalue weighted by Gasteiger charge is 2.42. The summed E-state index contributed by atoms with van der Waals surface area (Å²) in [5, 5.41) is 6.11. The molecule has 4 rings (SSSR count). The van der Waals surface area contributed by atoms with Crippen LogP contribution in [0.15, 0.2) is 77.7 Å². The summed E-state index contributed by atoms with van der Waals surface area (Å²) in [7, 11) is -9.13. The van der Waals surface area contributed by atoms with Crippen LogP contribution in [-0.4, -0.2) is 21.8 Å². The SMILES string of the molecule is Nc1cc(S(=O)(=O)C(c2c(-c3ccccc3)[nH]c3ccccc23)S(N)(=O)=O)ccc1Cl. The maximum absolute atomic E-state index is 13.6. The smallest absolute Gasteiger partial charge is 0.231 e. The number of halogens is 1. The van der Waals surface area contributed by atoms with E-state index in [1.807, 2.05) is 0 Å². The van der Waals surface area contributed by atoms with Crippen molar-refractivity contribution in [3.63, 3.8) is 0 Å². The number of fused-ring (bicyclic) bond motifs is 1. The number of nitrogens with two attached hydrogens (primary N) is 2. The zero-order chi connectivity index (χ0) is 22.4. The van der Waals surface area contributed by atoms with Crippen LogP contribution in [0.25, 0.3) is 22.2 Å². The normalized spacial score (nSPS) is 13.4. The molecule has 1 aromatic heterocycles. The number of aromatic nitrogens is 1. The molecule has 0 saturated heterocycles. The minimum Gasteiger partial charge on any atom is -0.397 e. The van der Waals surface area contributed by atoms with Gasteiger partial charge in [-0.2, -0.15) is 0 Å². The highest BCUT2D eigenvalue weighted by Crippen LogP contribution is 2.42. The van der Waals surface area contributed by atoms with Gasteiger partial charge < -0.3 is 10.7 Å². The molecular weight excluding hydrogens is 458 g/mol. The zero-order valence-corrected chi connectivity index (χ0v) is 18.4. The molecule has 0 bridgehead atoms. The third-order valence-corrected chi connectivity index (χ3v) is 9.37. The molecule has 0 aliphatic heterocycles. The van der Waals surface area contributed by atoms with Gasteiger partial charge >= 0.3 is 0 Å². The monoisotopic (exact) mass is 475 g/mol. The van der Waals surface area contributed by atoms with Crippen molar-refractivity contribution in [1.82, 2.24) is 4.98 Å². The largest absolute Gasteiger partial charge is 0.397 e. The quantitative estimate of drug-likeness (QED) is 0.377. The van der Waals surface area contributed by atoms with Gasteiger partial charge in [0.25, 0.3) is 0 Å². The van der Waals surface area contributed by atoms with Crippen LogP contribution in [0.2, 0.25) is 5.02 Å². The van der Waals surface area contributed by atoms with Crippen molar-refractivity contribution in [1.29, 1.82) is 0 Å². The second-order valence-electron chi connectivity index (χ2n) is 6.97. The van der Waals surface area contributed by atoms with Crippen molar-refractivity contribution in [3.05, 3.63) is 83.4 Å². The minimum atomic E-state index is -4.62. The highest BCUT2D eigenvalue weighted by atomic mass is 35.5. The van der Waals surface area contributed by atoms with Crippen LogP contribution in [0.3, 0.4) is 0 Å². The van der Waals surface area contributed by atoms with Crippen molar-refractivity contribution in [2.75, 3.05) is 5.73 Å². The summed E-state index contributed by atoms with van der Waals surface area (Å²) >= 11 is 5.92. The molecule has 1 unspecified atom stereocenters. The number of aromatic amines is 1. The maximum Gasteiger partial charge on any atom is 0.231 e. The molecule has 3 aromatic carbocycles. The first-order valence-electron chi connectivity index (χ1n) is 9.07. The number of nitrogen functional groups attached to an aromatic ring is 1. The highest BCUT2D eigenvalue weighted by molar-refractivity contribution is 8.07. The predicted molar refractivity (Wildman–Crippen MR) is 123 cm³/mol. The van der Waals surface area contributed by atoms with Gasteiger partial charge in [-0.3, -0.25) is 0 Å². The van der Waals surface area contributed by atoms with Crippen LogP contribution < -0.4 is 10.9 Å². The number of primary sulfonamides is 1. The molecule has 0 radical (unpaired) electrons. The van der Waals surface area contributed by atoms with Gasteiger partial charge in [-0.15, -0.1) is 0 Å². The molecule has 10 heteroatoms. The van der Waals surface area contributed by atoms with E-state index in [2.05, 4.69) is 4.98 Å². The molecule has 0 aliphatic rings. The lowest BCUT2D eigenvalue weighted by Crippen LogP contribution is -2.29. The standard InChI is InChI=1S/C21H18ClN3O4S2/c22-16-11-10-14(12-17(16)23)30(26,27)21(31(24,28)29)19-15-8-4-5-9-18(15)25-20(19)13-6-2-1-3-7-13/h1-12,21,25H,23H2,(H2,24,28,29). The lowest BCUT2D eigenvalue weighted by Gasteiger charge is -2.18. The molecule has 7 nitrogen and oxygen atoms in total. The Labute approximate surface area is 184 Å². The Balaban J connectivity index is 2.08. The lowest BCUT2D eigenvalue weighted by atomic mass is 10.1. The number of hydrogen-bond acceptors (Lipinski definition) is 5. The number of benzene rings is 3. The molecule has 5 N–H and O–H groups in total. The number of para-hydroxylation sites is 1. The fraction of sp³-hybridized carbons (Fsp3) is 0.0476. The van der Waals surface area contributed by atoms with Crippen molar-refractivity contribution in [3.8, 4) is 11.3 Å². The van der Waals surface area contributed by atoms with E-state index in [1.54, 1.807) is 54.6 Å². The molecule has 31 heavy (non-hydrogen) atoms. The van der Waals surface area contributed by atoms with Gasteiger partial charge in [-0.1, -0.05) is 60.1 Å². The van der Waals surface area contributed by atoms with Crippen LogP contribution in [-0.2, 0) is 19.9 Å². The number of H-pyrrole nitrogens is 1. The molecule has 160 valence electrons. The summed E-state index contributed by atoms with van der Waals surface area (Å²) in [5.41, 5.74) is 7.39. The van der Waals surface area contributed by atoms with E-state index in [4.69, 9.17) is 22.5 Å². The topological polar surface area (TPSA) is 136 Å². The molecule has 0 aliphatic carbocycles. The summed E-state index contributed by atoms with van der Waals surface area (Å²) in [6.07, 6.45) is 0. The third-order valence-electron chi connectivity index (χ3n) is 4.92. The Bertz CT molecular complexity index is 1500. The summed E-state index contributed by atoms with van der Waals surface area (Å²) < 4.78 is 50.6. The van der Waals surface area contributed by atoms with E-state index in [0.29, 0.717) is 22.2 Å². The second-order valence-corrected chi connectivity index (χ2v) is 11.4. The lowest BCUT2D eigenvalue weighted by molar-refractivity contribution is 0.578. The van der Waals surface area contributed by atoms with Crippen LogP contribution in [0, 0.1) is 0 Å². The predicted octanol–water partition coefficient (Wildman–Crippen LogP) is 3.83. The summed E-state index contributed by atoms with van der Waals surface area (Å²) in [6.45, 7) is 0. The Kier molecular flexibility index (Phi) is 5.30. The number of rotatable bonds is 5. The fourth-order valence-corrected chi connectivity index (χ4v) is 7.35. The Morgan fingerprint density at radius 3 is 2.16 bits per heavy atom. The fourth-order valence-electron chi connectivity index (χ4n) is 3.56. The second kappa shape index (κ2) is 7.69. The van der Waals surface area contributed by atoms with Crippen molar-refractivity contribution >= 4 is 48.1 Å². The molecular formula is C21H18ClN3O4S2. The Morgan fingerprint density at radius 2 is 1.52 bits per heavy atom. The van der Waals surface area contributed by atoms with Gasteiger partial charge in [0.15, 0.2) is 0 Å². The molecule has 1 atom stereocenters. The van der Waals surface area contributed by atoms with Crippen molar-refractivity contribution < 1.29 is 16.8 Å². The van der Waals surface area contributed by atoms with Crippen molar-refractivity contribution in [2.24, 2.45) is 5.14 Å². The molecule has 0 amide bonds. The van der Waals surface area contributed by atoms with Gasteiger partial charge in [-0.25, -0.2) is 22.0 Å². The number of nitrogens with one attached hydrogen (secondary N) is 1. The third kappa shape index (κ3) is 3.81. The van der Waals surface area contributed by atoms with E-state index < -0.39 is 24.4 Å². The molecule has 1 heterocycles. The minimum absolute atomic E-state index is 0.0121. The van der Waals surface area contributed by atoms with Crippen LogP contribution in [0.4, 0.5) is 5.69 Å². The first-order chi connectivity index (χ1) is 14.6. The molecule has 0 spiro atoms. The number of sulfonamides is 1. The summed E-state index contributed by atoms with van der Waals surface area (Å²) in [5.74, 6) is 0. The average Bonchev–Trinajstić information content (AvgIpc) is 3.08. The van der Waals surface area contributed by atoms with Gasteiger partial charge in [0.2, 0.25) is 24.4 Å². The number of hydrogen-bond donors (Lipinski definition) is 3. The van der Waals surface area contributed by atoms with Gasteiger partial charge in [0.05, 0.1) is 21.3 Å². The van der Waals surface area contributed by atoms with E-state index in [-0.39, 0.29) is 21.2 Å². The molecule has 0 fully saturated rings.